The third-order valence-electron chi connectivity index (χ3n) is 4.12. The van der Waals surface area contributed by atoms with E-state index in [2.05, 4.69) is 5.32 Å². The lowest BCUT2D eigenvalue weighted by Gasteiger charge is -2.24. The van der Waals surface area contributed by atoms with Gasteiger partial charge in [0.25, 0.3) is 10.0 Å². The SMILES string of the molecule is COCCCNC(=O)CN(c1ccccc1)S(=O)(=O)c1ccc(OC)c(OC)c1. The maximum atomic E-state index is 13.3. The molecule has 1 N–H and O–H groups in total. The lowest BCUT2D eigenvalue weighted by molar-refractivity contribution is -0.119. The molecule has 0 aromatic heterocycles. The number of nitrogens with one attached hydrogen (secondary N) is 1. The Kier molecular flexibility index (Phi) is 8.29. The number of carbonyl (C=O) groups is 1. The summed E-state index contributed by atoms with van der Waals surface area (Å²) in [5.41, 5.74) is 0.384. The first-order valence-electron chi connectivity index (χ1n) is 8.99. The van der Waals surface area contributed by atoms with E-state index in [-0.39, 0.29) is 17.2 Å². The molecule has 9 heteroatoms. The van der Waals surface area contributed by atoms with E-state index in [1.807, 2.05) is 0 Å². The van der Waals surface area contributed by atoms with Gasteiger partial charge in [0.1, 0.15) is 6.54 Å². The van der Waals surface area contributed by atoms with Crippen molar-refractivity contribution in [3.05, 3.63) is 48.5 Å². The highest BCUT2D eigenvalue weighted by atomic mass is 32.2. The zero-order valence-corrected chi connectivity index (χ0v) is 17.6. The zero-order chi connectivity index (χ0) is 21.3. The maximum absolute atomic E-state index is 13.3. The predicted octanol–water partition coefficient (Wildman–Crippen LogP) is 2.05. The first kappa shape index (κ1) is 22.5. The molecule has 29 heavy (non-hydrogen) atoms. The van der Waals surface area contributed by atoms with Gasteiger partial charge in [-0.25, -0.2) is 8.42 Å². The molecule has 0 radical (unpaired) electrons. The highest BCUT2D eigenvalue weighted by Gasteiger charge is 2.28. The molecule has 0 atom stereocenters. The molecule has 0 saturated heterocycles. The molecule has 0 aliphatic carbocycles. The van der Waals surface area contributed by atoms with Gasteiger partial charge in [-0.3, -0.25) is 9.10 Å². The number of amides is 1. The summed E-state index contributed by atoms with van der Waals surface area (Å²) in [5, 5.41) is 2.71. The molecule has 0 bridgehead atoms. The number of anilines is 1. The fourth-order valence-corrected chi connectivity index (χ4v) is 4.08. The van der Waals surface area contributed by atoms with Gasteiger partial charge in [-0.2, -0.15) is 0 Å². The summed E-state index contributed by atoms with van der Waals surface area (Å²) < 4.78 is 43.1. The summed E-state index contributed by atoms with van der Waals surface area (Å²) in [4.78, 5) is 12.4. The van der Waals surface area contributed by atoms with E-state index in [0.29, 0.717) is 31.0 Å². The van der Waals surface area contributed by atoms with E-state index < -0.39 is 15.9 Å². The maximum Gasteiger partial charge on any atom is 0.264 e. The van der Waals surface area contributed by atoms with Crippen LogP contribution in [0.4, 0.5) is 5.69 Å². The van der Waals surface area contributed by atoms with Gasteiger partial charge in [0.15, 0.2) is 11.5 Å². The smallest absolute Gasteiger partial charge is 0.264 e. The Balaban J connectivity index is 2.34. The number of rotatable bonds is 11. The van der Waals surface area contributed by atoms with Crippen LogP contribution in [0.1, 0.15) is 6.42 Å². The second-order valence-corrected chi connectivity index (χ2v) is 7.92. The molecule has 2 aromatic carbocycles. The van der Waals surface area contributed by atoms with Crippen LogP contribution in [0.5, 0.6) is 11.5 Å². The fourth-order valence-electron chi connectivity index (χ4n) is 2.64. The van der Waals surface area contributed by atoms with Crippen molar-refractivity contribution in [1.29, 1.82) is 0 Å². The molecule has 8 nitrogen and oxygen atoms in total. The number of para-hydroxylation sites is 1. The van der Waals surface area contributed by atoms with E-state index in [9.17, 15) is 13.2 Å². The number of benzene rings is 2. The van der Waals surface area contributed by atoms with Crippen molar-refractivity contribution in [2.75, 3.05) is 45.3 Å². The molecule has 0 spiro atoms. The molecule has 0 fully saturated rings. The third-order valence-corrected chi connectivity index (χ3v) is 5.89. The van der Waals surface area contributed by atoms with Crippen molar-refractivity contribution in [1.82, 2.24) is 5.32 Å². The molecule has 2 rings (SSSR count). The van der Waals surface area contributed by atoms with Crippen molar-refractivity contribution in [2.24, 2.45) is 0 Å². The van der Waals surface area contributed by atoms with Crippen LogP contribution in [0.25, 0.3) is 0 Å². The minimum absolute atomic E-state index is 0.00816. The van der Waals surface area contributed by atoms with Crippen LogP contribution in [0.2, 0.25) is 0 Å². The lowest BCUT2D eigenvalue weighted by Crippen LogP contribution is -2.41. The fraction of sp³-hybridized carbons (Fsp3) is 0.350. The Hall–Kier alpha value is -2.78. The first-order valence-corrected chi connectivity index (χ1v) is 10.4. The minimum Gasteiger partial charge on any atom is -0.493 e. The number of sulfonamides is 1. The van der Waals surface area contributed by atoms with Crippen LogP contribution in [-0.4, -0.2) is 55.4 Å². The molecule has 158 valence electrons. The van der Waals surface area contributed by atoms with Crippen molar-refractivity contribution < 1.29 is 27.4 Å². The molecule has 0 unspecified atom stereocenters. The van der Waals surface area contributed by atoms with Crippen molar-refractivity contribution in [2.45, 2.75) is 11.3 Å². The Labute approximate surface area is 171 Å². The second kappa shape index (κ2) is 10.7. The molecule has 0 heterocycles. The van der Waals surface area contributed by atoms with Crippen LogP contribution in [0.15, 0.2) is 53.4 Å². The van der Waals surface area contributed by atoms with Gasteiger partial charge >= 0.3 is 0 Å². The summed E-state index contributed by atoms with van der Waals surface area (Å²) in [6.07, 6.45) is 0.635. The zero-order valence-electron chi connectivity index (χ0n) is 16.8. The average Bonchev–Trinajstić information content (AvgIpc) is 2.75. The van der Waals surface area contributed by atoms with E-state index in [4.69, 9.17) is 14.2 Å². The standard InChI is InChI=1S/C20H26N2O6S/c1-26-13-7-12-21-20(23)15-22(16-8-5-4-6-9-16)29(24,25)17-10-11-18(27-2)19(14-17)28-3/h4-6,8-11,14H,7,12-13,15H2,1-3H3,(H,21,23). The molecule has 0 saturated carbocycles. The number of methoxy groups -OCH3 is 3. The topological polar surface area (TPSA) is 94.2 Å². The van der Waals surface area contributed by atoms with Crippen LogP contribution in [0, 0.1) is 0 Å². The van der Waals surface area contributed by atoms with Crippen LogP contribution in [0.3, 0.4) is 0 Å². The number of carbonyl (C=O) groups excluding carboxylic acids is 1. The summed E-state index contributed by atoms with van der Waals surface area (Å²) in [5.74, 6) is 0.285. The van der Waals surface area contributed by atoms with Gasteiger partial charge in [0.2, 0.25) is 5.91 Å². The monoisotopic (exact) mass is 422 g/mol. The molecule has 1 amide bonds. The van der Waals surface area contributed by atoms with E-state index in [0.717, 1.165) is 4.31 Å². The average molecular weight is 423 g/mol. The number of nitrogens with zero attached hydrogens (tertiary/aromatic N) is 1. The van der Waals surface area contributed by atoms with E-state index in [1.54, 1.807) is 37.4 Å². The van der Waals surface area contributed by atoms with Gasteiger partial charge in [-0.15, -0.1) is 0 Å². The highest BCUT2D eigenvalue weighted by Crippen LogP contribution is 2.32. The predicted molar refractivity (Wildman–Crippen MR) is 110 cm³/mol. The van der Waals surface area contributed by atoms with Crippen LogP contribution >= 0.6 is 0 Å². The molecular weight excluding hydrogens is 396 g/mol. The minimum atomic E-state index is -4.03. The highest BCUT2D eigenvalue weighted by molar-refractivity contribution is 7.92. The largest absolute Gasteiger partial charge is 0.493 e. The normalized spacial score (nSPS) is 11.0. The second-order valence-electron chi connectivity index (χ2n) is 6.06. The summed E-state index contributed by atoms with van der Waals surface area (Å²) in [6.45, 7) is 0.548. The number of hydrogen-bond acceptors (Lipinski definition) is 6. The van der Waals surface area contributed by atoms with Gasteiger partial charge in [0.05, 0.1) is 24.8 Å². The Morgan fingerprint density at radius 3 is 2.31 bits per heavy atom. The lowest BCUT2D eigenvalue weighted by atomic mass is 10.3. The number of ether oxygens (including phenoxy) is 3. The quantitative estimate of drug-likeness (QED) is 0.557. The van der Waals surface area contributed by atoms with Gasteiger partial charge in [0, 0.05) is 26.3 Å². The van der Waals surface area contributed by atoms with Gasteiger partial charge in [-0.05, 0) is 30.7 Å². The molecule has 0 aliphatic rings. The van der Waals surface area contributed by atoms with Crippen molar-refractivity contribution in [3.63, 3.8) is 0 Å². The van der Waals surface area contributed by atoms with Gasteiger partial charge < -0.3 is 19.5 Å². The summed E-state index contributed by atoms with van der Waals surface area (Å²) >= 11 is 0. The summed E-state index contributed by atoms with van der Waals surface area (Å²) in [7, 11) is 0.444. The Morgan fingerprint density at radius 2 is 1.69 bits per heavy atom. The third kappa shape index (κ3) is 5.85. The van der Waals surface area contributed by atoms with Crippen molar-refractivity contribution >= 4 is 21.6 Å². The van der Waals surface area contributed by atoms with Crippen LogP contribution < -0.4 is 19.1 Å². The number of hydrogen-bond donors (Lipinski definition) is 1. The Bertz CT molecular complexity index is 902. The van der Waals surface area contributed by atoms with Crippen molar-refractivity contribution in [3.8, 4) is 11.5 Å². The summed E-state index contributed by atoms with van der Waals surface area (Å²) in [6, 6.07) is 12.8. The van der Waals surface area contributed by atoms with Gasteiger partial charge in [-0.1, -0.05) is 18.2 Å². The molecular formula is C20H26N2O6S. The van der Waals surface area contributed by atoms with E-state index >= 15 is 0 Å². The Morgan fingerprint density at radius 1 is 1.00 bits per heavy atom. The van der Waals surface area contributed by atoms with Crippen LogP contribution in [-0.2, 0) is 19.6 Å². The van der Waals surface area contributed by atoms with E-state index in [1.165, 1.54) is 32.4 Å². The first-order chi connectivity index (χ1) is 13.9. The molecule has 0 aliphatic heterocycles. The molecule has 2 aromatic rings.